The van der Waals surface area contributed by atoms with Crippen LogP contribution in [0.5, 0.6) is 5.75 Å². The predicted molar refractivity (Wildman–Crippen MR) is 83.0 cm³/mol. The fourth-order valence-corrected chi connectivity index (χ4v) is 2.73. The number of rotatable bonds is 7. The Bertz CT molecular complexity index is 516. The molecule has 0 radical (unpaired) electrons. The molecule has 2 rings (SSSR count). The van der Waals surface area contributed by atoms with Gasteiger partial charge in [0.05, 0.1) is 5.69 Å². The van der Waals surface area contributed by atoms with E-state index in [1.807, 2.05) is 25.2 Å². The van der Waals surface area contributed by atoms with Gasteiger partial charge in [0.15, 0.2) is 0 Å². The van der Waals surface area contributed by atoms with Crippen LogP contribution in [0.25, 0.3) is 0 Å². The Morgan fingerprint density at radius 1 is 1.30 bits per heavy atom. The van der Waals surface area contributed by atoms with E-state index in [2.05, 4.69) is 16.3 Å². The van der Waals surface area contributed by atoms with Crippen LogP contribution in [0.3, 0.4) is 0 Å². The minimum absolute atomic E-state index is 0.239. The van der Waals surface area contributed by atoms with Crippen molar-refractivity contribution in [2.24, 2.45) is 0 Å². The van der Waals surface area contributed by atoms with Crippen molar-refractivity contribution in [1.82, 2.24) is 4.90 Å². The number of nitrogens with two attached hydrogens (primary N) is 1. The van der Waals surface area contributed by atoms with E-state index in [1.54, 1.807) is 23.5 Å². The van der Waals surface area contributed by atoms with Crippen LogP contribution in [-0.2, 0) is 6.54 Å². The maximum atomic E-state index is 10.00. The van der Waals surface area contributed by atoms with Crippen LogP contribution in [0.1, 0.15) is 4.88 Å². The first kappa shape index (κ1) is 14.8. The average Bonchev–Trinajstić information content (AvgIpc) is 2.90. The molecule has 3 N–H and O–H groups in total. The van der Waals surface area contributed by atoms with Gasteiger partial charge in [0.2, 0.25) is 0 Å². The Morgan fingerprint density at radius 2 is 2.10 bits per heavy atom. The highest BCUT2D eigenvalue weighted by Crippen LogP contribution is 2.19. The molecule has 2 aromatic rings. The third-order valence-electron chi connectivity index (χ3n) is 2.88. The van der Waals surface area contributed by atoms with Crippen molar-refractivity contribution in [1.29, 1.82) is 0 Å². The Morgan fingerprint density at radius 3 is 2.80 bits per heavy atom. The zero-order chi connectivity index (χ0) is 14.4. The molecular weight excluding hydrogens is 272 g/mol. The lowest BCUT2D eigenvalue weighted by Gasteiger charge is -2.20. The summed E-state index contributed by atoms with van der Waals surface area (Å²) >= 11 is 1.72. The SMILES string of the molecule is CN(Cc1cccs1)CC(O)COc1ccccc1N. The largest absolute Gasteiger partial charge is 0.489 e. The van der Waals surface area contributed by atoms with Crippen molar-refractivity contribution >= 4 is 17.0 Å². The van der Waals surface area contributed by atoms with Gasteiger partial charge >= 0.3 is 0 Å². The van der Waals surface area contributed by atoms with Crippen LogP contribution in [-0.4, -0.2) is 36.3 Å². The fraction of sp³-hybridized carbons (Fsp3) is 0.333. The smallest absolute Gasteiger partial charge is 0.142 e. The summed E-state index contributed by atoms with van der Waals surface area (Å²) in [6, 6.07) is 11.4. The summed E-state index contributed by atoms with van der Waals surface area (Å²) in [7, 11) is 1.99. The van der Waals surface area contributed by atoms with Gasteiger partial charge in [-0.1, -0.05) is 18.2 Å². The topological polar surface area (TPSA) is 58.7 Å². The summed E-state index contributed by atoms with van der Waals surface area (Å²) < 4.78 is 5.54. The fourth-order valence-electron chi connectivity index (χ4n) is 1.94. The molecule has 1 unspecified atom stereocenters. The highest BCUT2D eigenvalue weighted by molar-refractivity contribution is 7.09. The third kappa shape index (κ3) is 4.52. The van der Waals surface area contributed by atoms with E-state index in [4.69, 9.17) is 10.5 Å². The first-order valence-corrected chi connectivity index (χ1v) is 7.39. The monoisotopic (exact) mass is 292 g/mol. The predicted octanol–water partition coefficient (Wildman–Crippen LogP) is 2.20. The van der Waals surface area contributed by atoms with Crippen molar-refractivity contribution < 1.29 is 9.84 Å². The number of ether oxygens (including phenoxy) is 1. The average molecular weight is 292 g/mol. The highest BCUT2D eigenvalue weighted by Gasteiger charge is 2.10. The summed E-state index contributed by atoms with van der Waals surface area (Å²) in [5, 5.41) is 12.1. The molecule has 1 heterocycles. The van der Waals surface area contributed by atoms with Crippen LogP contribution < -0.4 is 10.5 Å². The van der Waals surface area contributed by atoms with Gasteiger partial charge in [-0.3, -0.25) is 4.90 Å². The number of anilines is 1. The molecule has 0 aliphatic carbocycles. The lowest BCUT2D eigenvalue weighted by molar-refractivity contribution is 0.0749. The van der Waals surface area contributed by atoms with Crippen LogP contribution in [0.2, 0.25) is 0 Å². The number of thiophene rings is 1. The van der Waals surface area contributed by atoms with E-state index in [-0.39, 0.29) is 6.61 Å². The highest BCUT2D eigenvalue weighted by atomic mass is 32.1. The molecule has 1 aromatic carbocycles. The molecule has 0 fully saturated rings. The molecular formula is C15H20N2O2S. The molecule has 0 saturated carbocycles. The summed E-state index contributed by atoms with van der Waals surface area (Å²) in [6.07, 6.45) is -0.542. The van der Waals surface area contributed by atoms with Crippen molar-refractivity contribution in [3.8, 4) is 5.75 Å². The molecule has 0 saturated heterocycles. The summed E-state index contributed by atoms with van der Waals surface area (Å²) in [6.45, 7) is 1.63. The number of hydrogen-bond acceptors (Lipinski definition) is 5. The normalized spacial score (nSPS) is 12.6. The zero-order valence-electron chi connectivity index (χ0n) is 11.5. The van der Waals surface area contributed by atoms with Gasteiger partial charge in [-0.05, 0) is 30.6 Å². The minimum atomic E-state index is -0.542. The van der Waals surface area contributed by atoms with E-state index in [1.165, 1.54) is 4.88 Å². The number of nitrogens with zero attached hydrogens (tertiary/aromatic N) is 1. The number of nitrogen functional groups attached to an aromatic ring is 1. The first-order valence-electron chi connectivity index (χ1n) is 6.51. The van der Waals surface area contributed by atoms with Crippen LogP contribution in [0, 0.1) is 0 Å². The van der Waals surface area contributed by atoms with Gasteiger partial charge in [-0.2, -0.15) is 0 Å². The molecule has 0 bridgehead atoms. The Labute approximate surface area is 123 Å². The molecule has 4 nitrogen and oxygen atoms in total. The Balaban J connectivity index is 1.75. The zero-order valence-corrected chi connectivity index (χ0v) is 12.3. The Hall–Kier alpha value is -1.56. The van der Waals surface area contributed by atoms with Gasteiger partial charge in [0.25, 0.3) is 0 Å². The molecule has 0 spiro atoms. The number of likely N-dealkylation sites (N-methyl/N-ethyl adjacent to an activating group) is 1. The maximum Gasteiger partial charge on any atom is 0.142 e. The molecule has 0 aliphatic rings. The molecule has 20 heavy (non-hydrogen) atoms. The van der Waals surface area contributed by atoms with Gasteiger partial charge in [0, 0.05) is 18.0 Å². The van der Waals surface area contributed by atoms with Crippen LogP contribution in [0.15, 0.2) is 41.8 Å². The number of hydrogen-bond donors (Lipinski definition) is 2. The number of aliphatic hydroxyl groups is 1. The van der Waals surface area contributed by atoms with Crippen molar-refractivity contribution in [2.45, 2.75) is 12.6 Å². The molecule has 1 aromatic heterocycles. The number of benzene rings is 1. The second kappa shape index (κ2) is 7.28. The third-order valence-corrected chi connectivity index (χ3v) is 3.74. The quantitative estimate of drug-likeness (QED) is 0.768. The first-order chi connectivity index (χ1) is 9.65. The standard InChI is InChI=1S/C15H20N2O2S/c1-17(10-13-5-4-8-20-13)9-12(18)11-19-15-7-3-2-6-14(15)16/h2-8,12,18H,9-11,16H2,1H3. The molecule has 1 atom stereocenters. The minimum Gasteiger partial charge on any atom is -0.489 e. The van der Waals surface area contributed by atoms with Gasteiger partial charge < -0.3 is 15.6 Å². The van der Waals surface area contributed by atoms with Crippen LogP contribution in [0.4, 0.5) is 5.69 Å². The van der Waals surface area contributed by atoms with E-state index >= 15 is 0 Å². The maximum absolute atomic E-state index is 10.00. The van der Waals surface area contributed by atoms with E-state index < -0.39 is 6.10 Å². The molecule has 0 amide bonds. The lowest BCUT2D eigenvalue weighted by atomic mass is 10.3. The second-order valence-corrected chi connectivity index (χ2v) is 5.81. The van der Waals surface area contributed by atoms with Gasteiger partial charge in [0.1, 0.15) is 18.5 Å². The lowest BCUT2D eigenvalue weighted by Crippen LogP contribution is -2.32. The molecule has 108 valence electrons. The number of para-hydroxylation sites is 2. The van der Waals surface area contributed by atoms with Gasteiger partial charge in [-0.25, -0.2) is 0 Å². The Kier molecular flexibility index (Phi) is 5.40. The van der Waals surface area contributed by atoms with E-state index in [9.17, 15) is 5.11 Å². The summed E-state index contributed by atoms with van der Waals surface area (Å²) in [5.74, 6) is 0.618. The van der Waals surface area contributed by atoms with E-state index in [0.717, 1.165) is 6.54 Å². The van der Waals surface area contributed by atoms with Crippen molar-refractivity contribution in [3.05, 3.63) is 46.7 Å². The van der Waals surface area contributed by atoms with Gasteiger partial charge in [-0.15, -0.1) is 11.3 Å². The second-order valence-electron chi connectivity index (χ2n) is 4.78. The molecule has 5 heteroatoms. The summed E-state index contributed by atoms with van der Waals surface area (Å²) in [4.78, 5) is 3.36. The van der Waals surface area contributed by atoms with E-state index in [0.29, 0.717) is 18.0 Å². The summed E-state index contributed by atoms with van der Waals surface area (Å²) in [5.41, 5.74) is 6.37. The van der Waals surface area contributed by atoms with Crippen LogP contribution >= 0.6 is 11.3 Å². The molecule has 0 aliphatic heterocycles. The van der Waals surface area contributed by atoms with Crippen molar-refractivity contribution in [2.75, 3.05) is 25.9 Å². The number of aliphatic hydroxyl groups excluding tert-OH is 1. The van der Waals surface area contributed by atoms with Crippen molar-refractivity contribution in [3.63, 3.8) is 0 Å².